The second-order valence-electron chi connectivity index (χ2n) is 7.02. The molecule has 0 aliphatic rings. The Hall–Kier alpha value is -3.35. The SMILES string of the molecule is CC(=O)N(C)c1ccc(NC(=O)CNc2cccc(CCC(=O)N(C)C)c2)cc1. The lowest BCUT2D eigenvalue weighted by Gasteiger charge is -2.15. The molecular weight excluding hydrogens is 368 g/mol. The van der Waals surface area contributed by atoms with E-state index in [4.69, 9.17) is 0 Å². The number of carbonyl (C=O) groups excluding carboxylic acids is 3. The van der Waals surface area contributed by atoms with Crippen molar-refractivity contribution in [2.45, 2.75) is 19.8 Å². The van der Waals surface area contributed by atoms with Crippen LogP contribution in [0.1, 0.15) is 18.9 Å². The van der Waals surface area contributed by atoms with Gasteiger partial charge in [0.05, 0.1) is 6.54 Å². The van der Waals surface area contributed by atoms with Gasteiger partial charge >= 0.3 is 0 Å². The molecule has 0 spiro atoms. The average molecular weight is 396 g/mol. The minimum absolute atomic E-state index is 0.0562. The molecule has 0 atom stereocenters. The monoisotopic (exact) mass is 396 g/mol. The van der Waals surface area contributed by atoms with E-state index < -0.39 is 0 Å². The fraction of sp³-hybridized carbons (Fsp3) is 0.318. The summed E-state index contributed by atoms with van der Waals surface area (Å²) in [5, 5.41) is 5.92. The van der Waals surface area contributed by atoms with Crippen LogP contribution in [-0.2, 0) is 20.8 Å². The Morgan fingerprint density at radius 3 is 2.24 bits per heavy atom. The highest BCUT2D eigenvalue weighted by molar-refractivity contribution is 5.95. The van der Waals surface area contributed by atoms with Crippen LogP contribution in [0.25, 0.3) is 0 Å². The normalized spacial score (nSPS) is 10.2. The van der Waals surface area contributed by atoms with Crippen molar-refractivity contribution in [1.29, 1.82) is 0 Å². The first kappa shape index (κ1) is 21.9. The summed E-state index contributed by atoms with van der Waals surface area (Å²) in [4.78, 5) is 38.4. The highest BCUT2D eigenvalue weighted by atomic mass is 16.2. The number of nitrogens with zero attached hydrogens (tertiary/aromatic N) is 2. The van der Waals surface area contributed by atoms with Gasteiger partial charge < -0.3 is 20.4 Å². The first-order valence-corrected chi connectivity index (χ1v) is 9.43. The van der Waals surface area contributed by atoms with Crippen LogP contribution in [0.4, 0.5) is 17.1 Å². The summed E-state index contributed by atoms with van der Waals surface area (Å²) in [7, 11) is 5.19. The number of anilines is 3. The van der Waals surface area contributed by atoms with E-state index in [2.05, 4.69) is 10.6 Å². The van der Waals surface area contributed by atoms with Crippen molar-refractivity contribution in [2.75, 3.05) is 43.2 Å². The van der Waals surface area contributed by atoms with Gasteiger partial charge in [-0.3, -0.25) is 14.4 Å². The molecule has 154 valence electrons. The Bertz CT molecular complexity index is 863. The molecule has 0 aromatic heterocycles. The molecule has 2 rings (SSSR count). The molecule has 0 fully saturated rings. The third-order valence-electron chi connectivity index (χ3n) is 4.52. The van der Waals surface area contributed by atoms with Crippen LogP contribution in [0.15, 0.2) is 48.5 Å². The first-order valence-electron chi connectivity index (χ1n) is 9.43. The van der Waals surface area contributed by atoms with Crippen molar-refractivity contribution in [3.63, 3.8) is 0 Å². The highest BCUT2D eigenvalue weighted by Crippen LogP contribution is 2.17. The van der Waals surface area contributed by atoms with E-state index >= 15 is 0 Å². The Labute approximate surface area is 171 Å². The van der Waals surface area contributed by atoms with E-state index in [-0.39, 0.29) is 24.3 Å². The third kappa shape index (κ3) is 6.95. The van der Waals surface area contributed by atoms with Gasteiger partial charge in [0.15, 0.2) is 0 Å². The van der Waals surface area contributed by atoms with E-state index in [9.17, 15) is 14.4 Å². The average Bonchev–Trinajstić information content (AvgIpc) is 2.70. The predicted molar refractivity (Wildman–Crippen MR) is 116 cm³/mol. The van der Waals surface area contributed by atoms with E-state index in [1.807, 2.05) is 24.3 Å². The summed E-state index contributed by atoms with van der Waals surface area (Å²) in [5.74, 6) is -0.145. The molecule has 3 amide bonds. The summed E-state index contributed by atoms with van der Waals surface area (Å²) >= 11 is 0. The summed E-state index contributed by atoms with van der Waals surface area (Å²) in [6.07, 6.45) is 1.10. The van der Waals surface area contributed by atoms with Crippen LogP contribution >= 0.6 is 0 Å². The van der Waals surface area contributed by atoms with Crippen LogP contribution < -0.4 is 15.5 Å². The van der Waals surface area contributed by atoms with E-state index in [0.717, 1.165) is 16.9 Å². The van der Waals surface area contributed by atoms with Gasteiger partial charge in [-0.25, -0.2) is 0 Å². The Balaban J connectivity index is 1.85. The van der Waals surface area contributed by atoms with Gasteiger partial charge in [-0.2, -0.15) is 0 Å². The molecule has 2 aromatic carbocycles. The lowest BCUT2D eigenvalue weighted by Crippen LogP contribution is -2.23. The summed E-state index contributed by atoms with van der Waals surface area (Å²) in [6.45, 7) is 1.62. The molecule has 0 bridgehead atoms. The largest absolute Gasteiger partial charge is 0.376 e. The summed E-state index contributed by atoms with van der Waals surface area (Å²) < 4.78 is 0. The number of nitrogens with one attached hydrogen (secondary N) is 2. The number of benzene rings is 2. The number of amides is 3. The van der Waals surface area contributed by atoms with E-state index in [1.165, 1.54) is 11.8 Å². The standard InChI is InChI=1S/C22H28N4O3/c1-16(27)26(4)20-11-9-18(10-12-20)24-21(28)15-23-19-7-5-6-17(14-19)8-13-22(29)25(2)3/h5-7,9-12,14,23H,8,13,15H2,1-4H3,(H,24,28). The number of carbonyl (C=O) groups is 3. The van der Waals surface area contributed by atoms with Crippen LogP contribution in [0.2, 0.25) is 0 Å². The van der Waals surface area contributed by atoms with E-state index in [0.29, 0.717) is 18.5 Å². The molecule has 29 heavy (non-hydrogen) atoms. The summed E-state index contributed by atoms with van der Waals surface area (Å²) in [6, 6.07) is 14.8. The third-order valence-corrected chi connectivity index (χ3v) is 4.52. The molecule has 0 saturated heterocycles. The maximum absolute atomic E-state index is 12.2. The second-order valence-corrected chi connectivity index (χ2v) is 7.02. The lowest BCUT2D eigenvalue weighted by atomic mass is 10.1. The molecular formula is C22H28N4O3. The Morgan fingerprint density at radius 2 is 1.62 bits per heavy atom. The molecule has 0 heterocycles. The van der Waals surface area contributed by atoms with Gasteiger partial charge in [-0.05, 0) is 48.4 Å². The van der Waals surface area contributed by atoms with Crippen LogP contribution in [-0.4, -0.2) is 50.3 Å². The summed E-state index contributed by atoms with van der Waals surface area (Å²) in [5.41, 5.74) is 3.29. The minimum Gasteiger partial charge on any atom is -0.376 e. The topological polar surface area (TPSA) is 81.8 Å². The van der Waals surface area contributed by atoms with Gasteiger partial charge in [-0.1, -0.05) is 12.1 Å². The molecule has 0 aliphatic carbocycles. The lowest BCUT2D eigenvalue weighted by molar-refractivity contribution is -0.128. The molecule has 0 radical (unpaired) electrons. The smallest absolute Gasteiger partial charge is 0.243 e. The highest BCUT2D eigenvalue weighted by Gasteiger charge is 2.08. The molecule has 0 saturated carbocycles. The fourth-order valence-electron chi connectivity index (χ4n) is 2.65. The van der Waals surface area contributed by atoms with Gasteiger partial charge in [0.1, 0.15) is 0 Å². The molecule has 2 N–H and O–H groups in total. The van der Waals surface area contributed by atoms with Crippen molar-refractivity contribution < 1.29 is 14.4 Å². The van der Waals surface area contributed by atoms with Crippen LogP contribution in [0, 0.1) is 0 Å². The molecule has 0 unspecified atom stereocenters. The zero-order chi connectivity index (χ0) is 21.4. The predicted octanol–water partition coefficient (Wildman–Crippen LogP) is 2.74. The van der Waals surface area contributed by atoms with Gasteiger partial charge in [0.2, 0.25) is 17.7 Å². The molecule has 7 nitrogen and oxygen atoms in total. The Kier molecular flexibility index (Phi) is 7.77. The molecule has 0 aliphatic heterocycles. The second kappa shape index (κ2) is 10.3. The first-order chi connectivity index (χ1) is 13.8. The zero-order valence-corrected chi connectivity index (χ0v) is 17.4. The number of hydrogen-bond donors (Lipinski definition) is 2. The minimum atomic E-state index is -0.175. The van der Waals surface area contributed by atoms with Crippen molar-refractivity contribution in [3.8, 4) is 0 Å². The molecule has 7 heteroatoms. The zero-order valence-electron chi connectivity index (χ0n) is 17.4. The van der Waals surface area contributed by atoms with Gasteiger partial charge in [0.25, 0.3) is 0 Å². The van der Waals surface area contributed by atoms with Crippen molar-refractivity contribution >= 4 is 34.8 Å². The van der Waals surface area contributed by atoms with Gasteiger partial charge in [0, 0.05) is 51.5 Å². The quantitative estimate of drug-likeness (QED) is 0.719. The number of hydrogen-bond acceptors (Lipinski definition) is 4. The fourth-order valence-corrected chi connectivity index (χ4v) is 2.65. The van der Waals surface area contributed by atoms with E-state index in [1.54, 1.807) is 50.3 Å². The Morgan fingerprint density at radius 1 is 0.931 bits per heavy atom. The number of rotatable bonds is 8. The van der Waals surface area contributed by atoms with Crippen LogP contribution in [0.5, 0.6) is 0 Å². The van der Waals surface area contributed by atoms with Gasteiger partial charge in [-0.15, -0.1) is 0 Å². The maximum atomic E-state index is 12.2. The molecule has 2 aromatic rings. The number of aryl methyl sites for hydroxylation is 1. The van der Waals surface area contributed by atoms with Crippen molar-refractivity contribution in [1.82, 2.24) is 4.90 Å². The van der Waals surface area contributed by atoms with Crippen LogP contribution in [0.3, 0.4) is 0 Å². The maximum Gasteiger partial charge on any atom is 0.243 e. The van der Waals surface area contributed by atoms with Crippen molar-refractivity contribution in [2.24, 2.45) is 0 Å². The van der Waals surface area contributed by atoms with Crippen molar-refractivity contribution in [3.05, 3.63) is 54.1 Å².